The second kappa shape index (κ2) is 8.77. The summed E-state index contributed by atoms with van der Waals surface area (Å²) in [5.74, 6) is -0.197. The standard InChI is InChI=1S/C25H22ClN3O3/c1-28(2)19-11-13-20(14-12-19)29-24(30)22(16-7-9-17(26)10-8-16)23(25(29)31)27-18-5-4-6-21(15-18)32-3/h4-15,27H,1-3H3. The molecule has 6 nitrogen and oxygen atoms in total. The zero-order valence-electron chi connectivity index (χ0n) is 17.9. The normalized spacial score (nSPS) is 13.6. The number of carbonyl (C=O) groups excluding carboxylic acids is 2. The third-order valence-corrected chi connectivity index (χ3v) is 5.43. The Morgan fingerprint density at radius 3 is 2.22 bits per heavy atom. The van der Waals surface area contributed by atoms with Gasteiger partial charge in [0.05, 0.1) is 18.4 Å². The van der Waals surface area contributed by atoms with Crippen molar-refractivity contribution in [3.8, 4) is 5.75 Å². The van der Waals surface area contributed by atoms with E-state index in [2.05, 4.69) is 5.32 Å². The Labute approximate surface area is 191 Å². The quantitative estimate of drug-likeness (QED) is 0.549. The second-order valence-electron chi connectivity index (χ2n) is 7.47. The van der Waals surface area contributed by atoms with Crippen LogP contribution in [0.15, 0.2) is 78.5 Å². The topological polar surface area (TPSA) is 61.9 Å². The maximum Gasteiger partial charge on any atom is 0.282 e. The fraction of sp³-hybridized carbons (Fsp3) is 0.120. The highest BCUT2D eigenvalue weighted by Gasteiger charge is 2.40. The lowest BCUT2D eigenvalue weighted by Crippen LogP contribution is -2.32. The van der Waals surface area contributed by atoms with Gasteiger partial charge >= 0.3 is 0 Å². The van der Waals surface area contributed by atoms with Crippen molar-refractivity contribution >= 4 is 46.1 Å². The summed E-state index contributed by atoms with van der Waals surface area (Å²) in [6.07, 6.45) is 0. The van der Waals surface area contributed by atoms with Crippen LogP contribution in [0.4, 0.5) is 17.1 Å². The SMILES string of the molecule is COc1cccc(NC2=C(c3ccc(Cl)cc3)C(=O)N(c3ccc(N(C)C)cc3)C2=O)c1. The van der Waals surface area contributed by atoms with Crippen LogP contribution in [-0.4, -0.2) is 33.0 Å². The van der Waals surface area contributed by atoms with E-state index < -0.39 is 11.8 Å². The highest BCUT2D eigenvalue weighted by Crippen LogP contribution is 2.35. The predicted molar refractivity (Wildman–Crippen MR) is 128 cm³/mol. The van der Waals surface area contributed by atoms with Crippen LogP contribution < -0.4 is 19.9 Å². The lowest BCUT2D eigenvalue weighted by molar-refractivity contribution is -0.120. The zero-order chi connectivity index (χ0) is 22.8. The van der Waals surface area contributed by atoms with E-state index >= 15 is 0 Å². The number of hydrogen-bond acceptors (Lipinski definition) is 5. The predicted octanol–water partition coefficient (Wildman–Crippen LogP) is 4.81. The van der Waals surface area contributed by atoms with Crippen molar-refractivity contribution in [1.82, 2.24) is 0 Å². The molecule has 0 unspecified atom stereocenters. The minimum atomic E-state index is -0.430. The summed E-state index contributed by atoms with van der Waals surface area (Å²) in [6, 6.07) is 21.3. The van der Waals surface area contributed by atoms with Crippen molar-refractivity contribution in [1.29, 1.82) is 0 Å². The van der Waals surface area contributed by atoms with Gasteiger partial charge in [0, 0.05) is 36.6 Å². The number of nitrogens with one attached hydrogen (secondary N) is 1. The maximum absolute atomic E-state index is 13.5. The monoisotopic (exact) mass is 447 g/mol. The molecule has 0 atom stereocenters. The fourth-order valence-electron chi connectivity index (χ4n) is 3.51. The molecule has 3 aromatic carbocycles. The van der Waals surface area contributed by atoms with Crippen LogP contribution in [-0.2, 0) is 9.59 Å². The van der Waals surface area contributed by atoms with Crippen LogP contribution in [0, 0.1) is 0 Å². The van der Waals surface area contributed by atoms with Crippen LogP contribution >= 0.6 is 11.6 Å². The molecule has 1 aliphatic heterocycles. The van der Waals surface area contributed by atoms with Crippen molar-refractivity contribution in [2.45, 2.75) is 0 Å². The molecule has 0 saturated carbocycles. The van der Waals surface area contributed by atoms with Gasteiger partial charge in [-0.05, 0) is 54.1 Å². The van der Waals surface area contributed by atoms with Crippen molar-refractivity contribution in [3.05, 3.63) is 89.1 Å². The summed E-state index contributed by atoms with van der Waals surface area (Å²) in [5.41, 5.74) is 3.18. The van der Waals surface area contributed by atoms with E-state index in [1.54, 1.807) is 61.7 Å². The van der Waals surface area contributed by atoms with E-state index in [1.807, 2.05) is 37.2 Å². The van der Waals surface area contributed by atoms with Crippen LogP contribution in [0.1, 0.15) is 5.56 Å². The van der Waals surface area contributed by atoms with Crippen molar-refractivity contribution < 1.29 is 14.3 Å². The van der Waals surface area contributed by atoms with Gasteiger partial charge in [0.15, 0.2) is 0 Å². The van der Waals surface area contributed by atoms with Gasteiger partial charge in [-0.1, -0.05) is 29.8 Å². The third kappa shape index (κ3) is 4.05. The molecular formula is C25H22ClN3O3. The Hall–Kier alpha value is -3.77. The van der Waals surface area contributed by atoms with Crippen LogP contribution in [0.3, 0.4) is 0 Å². The first kappa shape index (κ1) is 21.5. The highest BCUT2D eigenvalue weighted by molar-refractivity contribution is 6.46. The molecule has 0 aromatic heterocycles. The van der Waals surface area contributed by atoms with E-state index in [1.165, 1.54) is 4.90 Å². The van der Waals surface area contributed by atoms with E-state index in [-0.39, 0.29) is 11.3 Å². The molecule has 0 saturated heterocycles. The Morgan fingerprint density at radius 2 is 1.59 bits per heavy atom. The number of nitrogens with zero attached hydrogens (tertiary/aromatic N) is 2. The summed E-state index contributed by atoms with van der Waals surface area (Å²) >= 11 is 6.04. The molecule has 2 amide bonds. The summed E-state index contributed by atoms with van der Waals surface area (Å²) in [4.78, 5) is 30.1. The van der Waals surface area contributed by atoms with Gasteiger partial charge < -0.3 is 15.0 Å². The van der Waals surface area contributed by atoms with Gasteiger partial charge in [0.25, 0.3) is 11.8 Å². The van der Waals surface area contributed by atoms with Gasteiger partial charge in [-0.25, -0.2) is 4.90 Å². The van der Waals surface area contributed by atoms with Gasteiger partial charge in [0.2, 0.25) is 0 Å². The molecule has 0 bridgehead atoms. The van der Waals surface area contributed by atoms with Gasteiger partial charge in [-0.2, -0.15) is 0 Å². The van der Waals surface area contributed by atoms with Crippen LogP contribution in [0.5, 0.6) is 5.75 Å². The molecule has 1 N–H and O–H groups in total. The molecule has 7 heteroatoms. The van der Waals surface area contributed by atoms with Crippen molar-refractivity contribution in [2.75, 3.05) is 36.3 Å². The number of hydrogen-bond donors (Lipinski definition) is 1. The van der Waals surface area contributed by atoms with Crippen molar-refractivity contribution in [2.24, 2.45) is 0 Å². The third-order valence-electron chi connectivity index (χ3n) is 5.18. The molecule has 0 spiro atoms. The minimum absolute atomic E-state index is 0.197. The Morgan fingerprint density at radius 1 is 0.906 bits per heavy atom. The van der Waals surface area contributed by atoms with Crippen LogP contribution in [0.25, 0.3) is 5.57 Å². The molecule has 32 heavy (non-hydrogen) atoms. The number of anilines is 3. The fourth-order valence-corrected chi connectivity index (χ4v) is 3.64. The van der Waals surface area contributed by atoms with Gasteiger partial charge in [-0.3, -0.25) is 9.59 Å². The number of imide groups is 1. The largest absolute Gasteiger partial charge is 0.497 e. The first-order chi connectivity index (χ1) is 15.4. The number of halogens is 1. The van der Waals surface area contributed by atoms with Gasteiger partial charge in [0.1, 0.15) is 11.4 Å². The molecule has 0 radical (unpaired) electrons. The lowest BCUT2D eigenvalue weighted by atomic mass is 10.0. The molecule has 0 fully saturated rings. The first-order valence-corrected chi connectivity index (χ1v) is 10.3. The van der Waals surface area contributed by atoms with E-state index in [0.717, 1.165) is 5.69 Å². The van der Waals surface area contributed by atoms with Gasteiger partial charge in [-0.15, -0.1) is 0 Å². The lowest BCUT2D eigenvalue weighted by Gasteiger charge is -2.18. The van der Waals surface area contributed by atoms with Crippen LogP contribution in [0.2, 0.25) is 5.02 Å². The summed E-state index contributed by atoms with van der Waals surface area (Å²) < 4.78 is 5.28. The number of rotatable bonds is 6. The minimum Gasteiger partial charge on any atom is -0.497 e. The Balaban J connectivity index is 1.78. The maximum atomic E-state index is 13.5. The number of amides is 2. The molecule has 4 rings (SSSR count). The molecule has 1 heterocycles. The number of benzene rings is 3. The average molecular weight is 448 g/mol. The number of ether oxygens (including phenoxy) is 1. The smallest absolute Gasteiger partial charge is 0.282 e. The molecule has 162 valence electrons. The zero-order valence-corrected chi connectivity index (χ0v) is 18.7. The molecule has 1 aliphatic rings. The number of carbonyl (C=O) groups is 2. The van der Waals surface area contributed by atoms with E-state index in [9.17, 15) is 9.59 Å². The molecule has 3 aromatic rings. The average Bonchev–Trinajstić information content (AvgIpc) is 3.04. The molecule has 0 aliphatic carbocycles. The Kier molecular flexibility index (Phi) is 5.88. The second-order valence-corrected chi connectivity index (χ2v) is 7.91. The van der Waals surface area contributed by atoms with E-state index in [4.69, 9.17) is 16.3 Å². The summed E-state index contributed by atoms with van der Waals surface area (Å²) in [6.45, 7) is 0. The summed E-state index contributed by atoms with van der Waals surface area (Å²) in [7, 11) is 5.43. The summed E-state index contributed by atoms with van der Waals surface area (Å²) in [5, 5.41) is 3.68. The Bertz CT molecular complexity index is 1200. The first-order valence-electron chi connectivity index (χ1n) is 9.96. The van der Waals surface area contributed by atoms with E-state index in [0.29, 0.717) is 27.7 Å². The number of methoxy groups -OCH3 is 1. The van der Waals surface area contributed by atoms with Crippen molar-refractivity contribution in [3.63, 3.8) is 0 Å². The highest BCUT2D eigenvalue weighted by atomic mass is 35.5. The molecular weight excluding hydrogens is 426 g/mol.